The van der Waals surface area contributed by atoms with Crippen LogP contribution in [-0.4, -0.2) is 37.0 Å². The molecule has 2 nitrogen and oxygen atoms in total. The first-order valence-electron chi connectivity index (χ1n) is 3.56. The number of hydrogen-bond acceptors (Lipinski definition) is 2. The second-order valence-corrected chi connectivity index (χ2v) is 2.80. The maximum absolute atomic E-state index is 11.6. The molecule has 0 atom stereocenters. The van der Waals surface area contributed by atoms with Gasteiger partial charge in [-0.3, -0.25) is 9.69 Å². The fraction of sp³-hybridized carbons (Fsp3) is 0.857. The number of carbonyl (C=O) groups is 1. The summed E-state index contributed by atoms with van der Waals surface area (Å²) in [5.74, 6) is -0.125. The molecule has 0 aliphatic rings. The molecule has 72 valence electrons. The molecule has 0 N–H and O–H groups in total. The first-order valence-corrected chi connectivity index (χ1v) is 3.56. The Labute approximate surface area is 69.3 Å². The van der Waals surface area contributed by atoms with Crippen molar-refractivity contribution >= 4 is 5.78 Å². The fourth-order valence-electron chi connectivity index (χ4n) is 0.777. The summed E-state index contributed by atoms with van der Waals surface area (Å²) in [4.78, 5) is 11.8. The molecule has 0 amide bonds. The zero-order valence-corrected chi connectivity index (χ0v) is 7.11. The van der Waals surface area contributed by atoms with Gasteiger partial charge in [0.15, 0.2) is 0 Å². The van der Waals surface area contributed by atoms with Gasteiger partial charge in [-0.25, -0.2) is 0 Å². The summed E-state index contributed by atoms with van der Waals surface area (Å²) >= 11 is 0. The number of carbonyl (C=O) groups excluding carboxylic acids is 1. The zero-order valence-electron chi connectivity index (χ0n) is 7.11. The topological polar surface area (TPSA) is 20.3 Å². The van der Waals surface area contributed by atoms with E-state index in [1.54, 1.807) is 0 Å². The van der Waals surface area contributed by atoms with Crippen molar-refractivity contribution in [2.45, 2.75) is 19.5 Å². The van der Waals surface area contributed by atoms with Crippen molar-refractivity contribution < 1.29 is 18.0 Å². The van der Waals surface area contributed by atoms with E-state index in [0.717, 1.165) is 0 Å². The van der Waals surface area contributed by atoms with Gasteiger partial charge < -0.3 is 0 Å². The van der Waals surface area contributed by atoms with Gasteiger partial charge in [0.2, 0.25) is 0 Å². The highest BCUT2D eigenvalue weighted by Crippen LogP contribution is 2.19. The normalized spacial score (nSPS) is 12.2. The van der Waals surface area contributed by atoms with Crippen molar-refractivity contribution in [2.24, 2.45) is 0 Å². The van der Waals surface area contributed by atoms with Gasteiger partial charge >= 0.3 is 6.18 Å². The molecular formula is C7H12F3NO. The van der Waals surface area contributed by atoms with Gasteiger partial charge in [0.05, 0.1) is 13.0 Å². The van der Waals surface area contributed by atoms with Crippen LogP contribution in [0.15, 0.2) is 0 Å². The largest absolute Gasteiger partial charge is 0.390 e. The third-order valence-electron chi connectivity index (χ3n) is 1.27. The monoisotopic (exact) mass is 183 g/mol. The SMILES string of the molecule is CC(=O)CN(C)CCC(F)(F)F. The molecular weight excluding hydrogens is 171 g/mol. The van der Waals surface area contributed by atoms with E-state index < -0.39 is 12.6 Å². The molecule has 0 aromatic rings. The highest BCUT2D eigenvalue weighted by atomic mass is 19.4. The fourth-order valence-corrected chi connectivity index (χ4v) is 0.777. The summed E-state index contributed by atoms with van der Waals surface area (Å²) in [6.07, 6.45) is -5.00. The van der Waals surface area contributed by atoms with Crippen LogP contribution in [0.25, 0.3) is 0 Å². The summed E-state index contributed by atoms with van der Waals surface area (Å²) in [5, 5.41) is 0. The summed E-state index contributed by atoms with van der Waals surface area (Å²) in [7, 11) is 1.49. The highest BCUT2D eigenvalue weighted by Gasteiger charge is 2.27. The molecule has 0 unspecified atom stereocenters. The van der Waals surface area contributed by atoms with Crippen LogP contribution in [0.5, 0.6) is 0 Å². The van der Waals surface area contributed by atoms with Crippen molar-refractivity contribution in [3.63, 3.8) is 0 Å². The third-order valence-corrected chi connectivity index (χ3v) is 1.27. The van der Waals surface area contributed by atoms with Gasteiger partial charge in [0, 0.05) is 6.54 Å². The van der Waals surface area contributed by atoms with E-state index in [1.165, 1.54) is 18.9 Å². The molecule has 0 radical (unpaired) electrons. The van der Waals surface area contributed by atoms with E-state index in [0.29, 0.717) is 0 Å². The molecule has 0 heterocycles. The predicted octanol–water partition coefficient (Wildman–Crippen LogP) is 1.46. The van der Waals surface area contributed by atoms with Gasteiger partial charge in [-0.05, 0) is 14.0 Å². The molecule has 0 aliphatic carbocycles. The molecule has 0 aromatic carbocycles. The number of hydrogen-bond donors (Lipinski definition) is 0. The van der Waals surface area contributed by atoms with Gasteiger partial charge in [-0.15, -0.1) is 0 Å². The van der Waals surface area contributed by atoms with Crippen molar-refractivity contribution in [3.8, 4) is 0 Å². The molecule has 0 bridgehead atoms. The van der Waals surface area contributed by atoms with Crippen molar-refractivity contribution in [2.75, 3.05) is 20.1 Å². The van der Waals surface area contributed by atoms with Gasteiger partial charge in [-0.2, -0.15) is 13.2 Å². The molecule has 0 fully saturated rings. The molecule has 5 heteroatoms. The van der Waals surface area contributed by atoms with Gasteiger partial charge in [0.1, 0.15) is 5.78 Å². The van der Waals surface area contributed by atoms with E-state index >= 15 is 0 Å². The predicted molar refractivity (Wildman–Crippen MR) is 38.9 cm³/mol. The van der Waals surface area contributed by atoms with Gasteiger partial charge in [0.25, 0.3) is 0 Å². The van der Waals surface area contributed by atoms with E-state index in [1.807, 2.05) is 0 Å². The average Bonchev–Trinajstić information content (AvgIpc) is 1.80. The molecule has 0 saturated heterocycles. The smallest absolute Gasteiger partial charge is 0.299 e. The van der Waals surface area contributed by atoms with Crippen LogP contribution in [0, 0.1) is 0 Å². The number of halogens is 3. The van der Waals surface area contributed by atoms with E-state index in [4.69, 9.17) is 0 Å². The van der Waals surface area contributed by atoms with Crippen LogP contribution in [0.3, 0.4) is 0 Å². The summed E-state index contributed by atoms with van der Waals surface area (Å²) in [6, 6.07) is 0. The Morgan fingerprint density at radius 2 is 1.92 bits per heavy atom. The van der Waals surface area contributed by atoms with Crippen LogP contribution < -0.4 is 0 Å². The maximum atomic E-state index is 11.6. The summed E-state index contributed by atoms with van der Waals surface area (Å²) in [5.41, 5.74) is 0. The molecule has 0 spiro atoms. The Hall–Kier alpha value is -0.580. The number of Topliss-reactive ketones (excluding diaryl/α,β-unsaturated/α-hetero) is 1. The van der Waals surface area contributed by atoms with Gasteiger partial charge in [-0.1, -0.05) is 0 Å². The third kappa shape index (κ3) is 7.53. The summed E-state index contributed by atoms with van der Waals surface area (Å²) < 4.78 is 34.9. The van der Waals surface area contributed by atoms with Crippen LogP contribution in [0.2, 0.25) is 0 Å². The average molecular weight is 183 g/mol. The van der Waals surface area contributed by atoms with E-state index in [-0.39, 0.29) is 18.9 Å². The standard InChI is InChI=1S/C7H12F3NO/c1-6(12)5-11(2)4-3-7(8,9)10/h3-5H2,1-2H3. The van der Waals surface area contributed by atoms with E-state index in [2.05, 4.69) is 0 Å². The second-order valence-electron chi connectivity index (χ2n) is 2.80. The lowest BCUT2D eigenvalue weighted by molar-refractivity contribution is -0.138. The lowest BCUT2D eigenvalue weighted by atomic mass is 10.3. The Morgan fingerprint density at radius 3 is 2.25 bits per heavy atom. The maximum Gasteiger partial charge on any atom is 0.390 e. The molecule has 12 heavy (non-hydrogen) atoms. The lowest BCUT2D eigenvalue weighted by Crippen LogP contribution is -2.28. The van der Waals surface area contributed by atoms with Crippen molar-refractivity contribution in [1.82, 2.24) is 4.90 Å². The van der Waals surface area contributed by atoms with Crippen LogP contribution in [-0.2, 0) is 4.79 Å². The minimum Gasteiger partial charge on any atom is -0.299 e. The van der Waals surface area contributed by atoms with Crippen molar-refractivity contribution in [3.05, 3.63) is 0 Å². The highest BCUT2D eigenvalue weighted by molar-refractivity contribution is 5.77. The summed E-state index contributed by atoms with van der Waals surface area (Å²) in [6.45, 7) is 1.31. The zero-order chi connectivity index (χ0) is 9.78. The van der Waals surface area contributed by atoms with E-state index in [9.17, 15) is 18.0 Å². The number of likely N-dealkylation sites (N-methyl/N-ethyl adjacent to an activating group) is 1. The molecule has 0 saturated carbocycles. The van der Waals surface area contributed by atoms with Crippen LogP contribution in [0.1, 0.15) is 13.3 Å². The number of ketones is 1. The Morgan fingerprint density at radius 1 is 1.42 bits per heavy atom. The minimum absolute atomic E-state index is 0.0794. The lowest BCUT2D eigenvalue weighted by Gasteiger charge is -2.15. The van der Waals surface area contributed by atoms with Crippen LogP contribution in [0.4, 0.5) is 13.2 Å². The molecule has 0 rings (SSSR count). The first kappa shape index (κ1) is 11.4. The number of nitrogens with zero attached hydrogens (tertiary/aromatic N) is 1. The van der Waals surface area contributed by atoms with Crippen molar-refractivity contribution in [1.29, 1.82) is 0 Å². The number of rotatable bonds is 4. The first-order chi connectivity index (χ1) is 5.31. The Bertz CT molecular complexity index is 155. The Balaban J connectivity index is 3.57. The number of alkyl halides is 3. The minimum atomic E-state index is -4.13. The quantitative estimate of drug-likeness (QED) is 0.657. The van der Waals surface area contributed by atoms with Crippen LogP contribution >= 0.6 is 0 Å². The second kappa shape index (κ2) is 4.45. The molecule has 0 aromatic heterocycles. The molecule has 0 aliphatic heterocycles. The Kier molecular flexibility index (Phi) is 4.23.